The van der Waals surface area contributed by atoms with Crippen LogP contribution in [0.25, 0.3) is 0 Å². The summed E-state index contributed by atoms with van der Waals surface area (Å²) in [5, 5.41) is 0. The molecule has 0 aliphatic carbocycles. The summed E-state index contributed by atoms with van der Waals surface area (Å²) in [6.07, 6.45) is -0.151. The maximum atomic E-state index is 11.3. The van der Waals surface area contributed by atoms with Crippen molar-refractivity contribution in [1.29, 1.82) is 0 Å². The molecule has 1 aromatic rings. The molecule has 92 valence electrons. The van der Waals surface area contributed by atoms with Crippen molar-refractivity contribution in [2.24, 2.45) is 0 Å². The monoisotopic (exact) mass is 255 g/mol. The van der Waals surface area contributed by atoms with Gasteiger partial charge in [0, 0.05) is 7.05 Å². The van der Waals surface area contributed by atoms with Crippen LogP contribution in [-0.2, 0) is 4.79 Å². The van der Waals surface area contributed by atoms with Gasteiger partial charge in [0.1, 0.15) is 12.5 Å². The Balaban J connectivity index is 1.96. The lowest BCUT2D eigenvalue weighted by Crippen LogP contribution is -2.42. The molecule has 0 unspecified atom stereocenters. The maximum Gasteiger partial charge on any atom is 0.237 e. The molecule has 1 aliphatic rings. The number of para-hydroxylation sites is 2. The van der Waals surface area contributed by atoms with Gasteiger partial charge in [0.05, 0.1) is 6.54 Å². The highest BCUT2D eigenvalue weighted by Gasteiger charge is 2.23. The van der Waals surface area contributed by atoms with E-state index in [-0.39, 0.29) is 17.9 Å². The van der Waals surface area contributed by atoms with E-state index in [0.717, 1.165) is 11.5 Å². The number of amides is 1. The largest absolute Gasteiger partial charge is 0.486 e. The number of hydrogen-bond acceptors (Lipinski definition) is 3. The highest BCUT2D eigenvalue weighted by atomic mass is 35.5. The zero-order valence-corrected chi connectivity index (χ0v) is 10.3. The van der Waals surface area contributed by atoms with Crippen LogP contribution in [-0.4, -0.2) is 43.0 Å². The second-order valence-electron chi connectivity index (χ2n) is 3.91. The number of alkyl halides is 1. The van der Waals surface area contributed by atoms with Crippen LogP contribution in [0.4, 0.5) is 0 Å². The van der Waals surface area contributed by atoms with Gasteiger partial charge in [-0.2, -0.15) is 0 Å². The molecule has 2 rings (SSSR count). The molecule has 5 heteroatoms. The normalized spacial score (nSPS) is 17.6. The fourth-order valence-corrected chi connectivity index (χ4v) is 1.87. The molecule has 0 fully saturated rings. The number of nitrogens with zero attached hydrogens (tertiary/aromatic N) is 1. The number of hydrogen-bond donors (Lipinski definition) is 0. The number of carbonyl (C=O) groups is 1. The summed E-state index contributed by atoms with van der Waals surface area (Å²) in [6.45, 7) is 0.913. The van der Waals surface area contributed by atoms with Crippen LogP contribution in [0.1, 0.15) is 0 Å². The van der Waals surface area contributed by atoms with Crippen LogP contribution in [0.3, 0.4) is 0 Å². The first-order valence-corrected chi connectivity index (χ1v) is 5.92. The Hall–Kier alpha value is -1.42. The minimum Gasteiger partial charge on any atom is -0.486 e. The Morgan fingerprint density at radius 3 is 2.88 bits per heavy atom. The average Bonchev–Trinajstić information content (AvgIpc) is 2.37. The molecule has 0 aromatic heterocycles. The summed E-state index contributed by atoms with van der Waals surface area (Å²) in [6, 6.07) is 7.49. The first-order valence-electron chi connectivity index (χ1n) is 5.39. The lowest BCUT2D eigenvalue weighted by molar-refractivity contribution is -0.128. The predicted molar refractivity (Wildman–Crippen MR) is 64.7 cm³/mol. The smallest absolute Gasteiger partial charge is 0.237 e. The van der Waals surface area contributed by atoms with Gasteiger partial charge < -0.3 is 14.4 Å². The molecular formula is C12H14ClNO3. The standard InChI is InChI=1S/C12H14ClNO3/c1-14(12(15)6-13)7-9-8-16-10-4-2-3-5-11(10)17-9/h2-5,9H,6-8H2,1H3/t9-/m1/s1. The van der Waals surface area contributed by atoms with Crippen molar-refractivity contribution in [1.82, 2.24) is 4.90 Å². The molecule has 0 spiro atoms. The second-order valence-corrected chi connectivity index (χ2v) is 4.17. The molecule has 0 bridgehead atoms. The predicted octanol–water partition coefficient (Wildman–Crippen LogP) is 1.52. The number of benzene rings is 1. The summed E-state index contributed by atoms with van der Waals surface area (Å²) in [7, 11) is 1.70. The number of likely N-dealkylation sites (N-methyl/N-ethyl adjacent to an activating group) is 1. The van der Waals surface area contributed by atoms with Crippen LogP contribution >= 0.6 is 11.6 Å². The third-order valence-corrected chi connectivity index (χ3v) is 2.81. The van der Waals surface area contributed by atoms with Gasteiger partial charge >= 0.3 is 0 Å². The van der Waals surface area contributed by atoms with Gasteiger partial charge in [-0.25, -0.2) is 0 Å². The van der Waals surface area contributed by atoms with Gasteiger partial charge in [-0.3, -0.25) is 4.79 Å². The number of fused-ring (bicyclic) bond motifs is 1. The van der Waals surface area contributed by atoms with Gasteiger partial charge in [0.15, 0.2) is 17.6 Å². The van der Waals surface area contributed by atoms with E-state index in [2.05, 4.69) is 0 Å². The number of rotatable bonds is 3. The first-order chi connectivity index (χ1) is 8.20. The average molecular weight is 256 g/mol. The van der Waals surface area contributed by atoms with E-state index in [9.17, 15) is 4.79 Å². The number of carbonyl (C=O) groups excluding carboxylic acids is 1. The molecule has 1 amide bonds. The van der Waals surface area contributed by atoms with Crippen molar-refractivity contribution in [3.05, 3.63) is 24.3 Å². The van der Waals surface area contributed by atoms with Crippen LogP contribution in [0.15, 0.2) is 24.3 Å². The molecule has 0 N–H and O–H groups in total. The first kappa shape index (κ1) is 12.0. The van der Waals surface area contributed by atoms with Gasteiger partial charge in [-0.1, -0.05) is 12.1 Å². The van der Waals surface area contributed by atoms with Gasteiger partial charge in [-0.15, -0.1) is 11.6 Å². The van der Waals surface area contributed by atoms with Crippen molar-refractivity contribution in [3.63, 3.8) is 0 Å². The van der Waals surface area contributed by atoms with Crippen LogP contribution in [0.2, 0.25) is 0 Å². The summed E-state index contributed by atoms with van der Waals surface area (Å²) in [5.74, 6) is 1.33. The molecule has 0 radical (unpaired) electrons. The third kappa shape index (κ3) is 2.82. The van der Waals surface area contributed by atoms with Gasteiger partial charge in [-0.05, 0) is 12.1 Å². The fraction of sp³-hybridized carbons (Fsp3) is 0.417. The molecule has 0 saturated heterocycles. The van der Waals surface area contributed by atoms with E-state index in [1.54, 1.807) is 11.9 Å². The van der Waals surface area contributed by atoms with Crippen molar-refractivity contribution < 1.29 is 14.3 Å². The zero-order chi connectivity index (χ0) is 12.3. The maximum absolute atomic E-state index is 11.3. The molecule has 4 nitrogen and oxygen atoms in total. The summed E-state index contributed by atoms with van der Waals surface area (Å²) < 4.78 is 11.3. The Labute approximate surface area is 105 Å². The Kier molecular flexibility index (Phi) is 3.74. The fourth-order valence-electron chi connectivity index (χ4n) is 1.66. The minimum absolute atomic E-state index is 0.0132. The lowest BCUT2D eigenvalue weighted by Gasteiger charge is -2.29. The number of ether oxygens (including phenoxy) is 2. The summed E-state index contributed by atoms with van der Waals surface area (Å²) in [4.78, 5) is 12.9. The van der Waals surface area contributed by atoms with E-state index >= 15 is 0 Å². The van der Waals surface area contributed by atoms with Crippen molar-refractivity contribution in [2.75, 3.05) is 26.1 Å². The van der Waals surface area contributed by atoms with E-state index in [1.807, 2.05) is 24.3 Å². The third-order valence-electron chi connectivity index (χ3n) is 2.59. The molecule has 1 aromatic carbocycles. The van der Waals surface area contributed by atoms with Crippen LogP contribution < -0.4 is 9.47 Å². The molecular weight excluding hydrogens is 242 g/mol. The van der Waals surface area contributed by atoms with E-state index in [0.29, 0.717) is 13.2 Å². The van der Waals surface area contributed by atoms with E-state index in [4.69, 9.17) is 21.1 Å². The highest BCUT2D eigenvalue weighted by molar-refractivity contribution is 6.27. The molecule has 1 aliphatic heterocycles. The Morgan fingerprint density at radius 1 is 1.47 bits per heavy atom. The second kappa shape index (κ2) is 5.27. The van der Waals surface area contributed by atoms with E-state index < -0.39 is 0 Å². The molecule has 0 saturated carbocycles. The minimum atomic E-state index is -0.151. The van der Waals surface area contributed by atoms with Gasteiger partial charge in [0.2, 0.25) is 5.91 Å². The van der Waals surface area contributed by atoms with Crippen LogP contribution in [0, 0.1) is 0 Å². The molecule has 17 heavy (non-hydrogen) atoms. The summed E-state index contributed by atoms with van der Waals surface area (Å²) >= 11 is 5.48. The van der Waals surface area contributed by atoms with Crippen molar-refractivity contribution in [2.45, 2.75) is 6.10 Å². The number of halogens is 1. The quantitative estimate of drug-likeness (QED) is 0.769. The van der Waals surface area contributed by atoms with Crippen molar-refractivity contribution in [3.8, 4) is 11.5 Å². The SMILES string of the molecule is CN(C[C@@H]1COc2ccccc2O1)C(=O)CCl. The Bertz CT molecular complexity index is 410. The Morgan fingerprint density at radius 2 is 2.18 bits per heavy atom. The topological polar surface area (TPSA) is 38.8 Å². The van der Waals surface area contributed by atoms with Crippen LogP contribution in [0.5, 0.6) is 11.5 Å². The summed E-state index contributed by atoms with van der Waals surface area (Å²) in [5.41, 5.74) is 0. The molecule has 1 heterocycles. The lowest BCUT2D eigenvalue weighted by atomic mass is 10.2. The van der Waals surface area contributed by atoms with Crippen molar-refractivity contribution >= 4 is 17.5 Å². The van der Waals surface area contributed by atoms with E-state index in [1.165, 1.54) is 0 Å². The van der Waals surface area contributed by atoms with Gasteiger partial charge in [0.25, 0.3) is 0 Å². The highest BCUT2D eigenvalue weighted by Crippen LogP contribution is 2.30. The molecule has 1 atom stereocenters. The zero-order valence-electron chi connectivity index (χ0n) is 9.56.